The SMILES string of the molecule is C.C.C.CC(=N[Si](C)(C)C)O[Si](C)(C)C.Cn1cc(-c2c(-c3ccc(F)cc3)nc(N)n3nc(Cc4nccs4)nc23)ccc1=O.Cn1cc(B2OC(C)(C)C(C)(C)O2)ccc1=O.NNc1nc(N)nc(-c2ccc(F)cc2)c1Br.Nc1nc(-c2ccc(F)cc2)c(Br)c2nc(Cc3nccs3)nn12.Nc1nc(NNC(=O)Cc2nccs2)c(Br)c(-c2ccc(F)cc2)n1.O=C(O)Cc1nccs1. The number of hydrazine groups is 2. The molecule has 1 aliphatic heterocycles. The number of aryl methyl sites for hydroxylation is 2. The lowest BCUT2D eigenvalue weighted by Gasteiger charge is -2.32. The Labute approximate surface area is 836 Å². The van der Waals surface area contributed by atoms with Crippen LogP contribution in [0.15, 0.2) is 208 Å². The zero-order valence-electron chi connectivity index (χ0n) is 74.7. The number of hydrogen-bond acceptors (Lipinski definition) is 33. The lowest BCUT2D eigenvalue weighted by Crippen LogP contribution is -2.41. The molecule has 1 fully saturated rings. The van der Waals surface area contributed by atoms with Gasteiger partial charge >= 0.3 is 13.1 Å². The van der Waals surface area contributed by atoms with E-state index in [1.54, 1.807) is 134 Å². The number of carboxylic acids is 1. The first-order chi connectivity index (χ1) is 63.9. The number of hydrogen-bond donors (Lipinski definition) is 9. The van der Waals surface area contributed by atoms with Crippen LogP contribution < -0.4 is 61.6 Å². The number of amides is 1. The lowest BCUT2D eigenvalue weighted by atomic mass is 9.80. The van der Waals surface area contributed by atoms with Crippen molar-refractivity contribution in [3.63, 3.8) is 0 Å². The normalized spacial score (nSPS) is 12.2. The second-order valence-electron chi connectivity index (χ2n) is 32.1. The molecule has 1 saturated heterocycles. The van der Waals surface area contributed by atoms with Crippen LogP contribution in [0.2, 0.25) is 39.3 Å². The van der Waals surface area contributed by atoms with E-state index in [-0.39, 0.29) is 110 Å². The van der Waals surface area contributed by atoms with Crippen molar-refractivity contribution in [1.82, 2.24) is 93.6 Å². The molecule has 1 amide bonds. The van der Waals surface area contributed by atoms with Gasteiger partial charge in [-0.3, -0.25) is 34.7 Å². The number of aromatic nitrogens is 18. The van der Waals surface area contributed by atoms with Gasteiger partial charge in [0.25, 0.3) is 0 Å². The van der Waals surface area contributed by atoms with E-state index in [2.05, 4.69) is 173 Å². The van der Waals surface area contributed by atoms with Gasteiger partial charge in [0.15, 0.2) is 48.7 Å². The Kier molecular flexibility index (Phi) is 39.3. The van der Waals surface area contributed by atoms with Crippen molar-refractivity contribution in [2.75, 3.05) is 33.8 Å². The Morgan fingerprint density at radius 2 is 0.884 bits per heavy atom. The van der Waals surface area contributed by atoms with Crippen LogP contribution in [0.5, 0.6) is 0 Å². The van der Waals surface area contributed by atoms with Crippen molar-refractivity contribution in [2.24, 2.45) is 24.6 Å². The van der Waals surface area contributed by atoms with Crippen molar-refractivity contribution in [1.29, 1.82) is 0 Å². The van der Waals surface area contributed by atoms with Gasteiger partial charge < -0.3 is 56.3 Å². The van der Waals surface area contributed by atoms with E-state index in [4.69, 9.17) is 52.6 Å². The van der Waals surface area contributed by atoms with Crippen molar-refractivity contribution in [3.05, 3.63) is 269 Å². The first-order valence-electron chi connectivity index (χ1n) is 40.5. The quantitative estimate of drug-likeness (QED) is 0.00906. The number of thiazole rings is 4. The Hall–Kier alpha value is -12.7. The number of halogens is 7. The third kappa shape index (κ3) is 30.7. The molecule has 726 valence electrons. The van der Waals surface area contributed by atoms with Gasteiger partial charge in [-0.15, -0.1) is 55.5 Å². The van der Waals surface area contributed by atoms with E-state index in [1.807, 2.05) is 45.4 Å². The Balaban J connectivity index is 0.000000203. The minimum Gasteiger partial charge on any atom is -0.535 e. The molecule has 0 saturated carbocycles. The molecule has 12 aromatic heterocycles. The smallest absolute Gasteiger partial charge is 0.496 e. The molecule has 1 aliphatic rings. The van der Waals surface area contributed by atoms with Gasteiger partial charge in [-0.25, -0.2) is 73.2 Å². The first-order valence-corrected chi connectivity index (χ1v) is 53.3. The van der Waals surface area contributed by atoms with Crippen LogP contribution in [-0.2, 0) is 63.1 Å². The standard InChI is InChI=1S/C21H16FN7OS.C15H12BrFN6OS.C15H10BrFN6S.C12H18BNO3.C10H9BrFN5.C8H21NOSi2.C5H5NO2S.3CH4/c1-28-11-13(4-7-17(28)30)18-19(12-2-5-14(22)6-3-12)26-21(23)29-20(18)25-15(27-29)10-16-24-8-9-31-16;16-12-13(8-1-3-9(17)4-2-8)20-15(18)21-14(12)23-22-10(24)7-11-19-5-6-25-11;16-12-13(8-1-3-9(17)4-2-8)21-15(18)23-14(12)20-10(22-23)7-11-19-5-6-24-11;1-11(2)12(3,4)17-13(16-11)9-6-7-10(15)14(5)8-9;11-7-8(5-1-3-6(12)4-2-5)15-10(13)16-9(7)17-14;1-8(9-11(2,3)4)10-12(5,6)7;7-5(8)3-4-6-1-2-9-4;;;/h2-9,11H,10H2,1H3,(H2,23,26);1-6H,7H2,(H,22,24)(H3,18,20,21,23);1-6H,7H2,(H2,18,21);6-8H,1-5H3;1-4H,14H2,(H3,13,15,16,17);1-7H3;1-2H,3H2,(H,7,8);3*1H4. The highest BCUT2D eigenvalue weighted by Gasteiger charge is 2.52. The van der Waals surface area contributed by atoms with Gasteiger partial charge in [-0.05, 0) is 223 Å². The minimum absolute atomic E-state index is 0. The zero-order valence-corrected chi connectivity index (χ0v) is 84.7. The molecule has 0 radical (unpaired) electrons. The fourth-order valence-corrected chi connectivity index (χ4v) is 18.3. The average Bonchev–Trinajstić information content (AvgIpc) is 1.57. The van der Waals surface area contributed by atoms with Crippen LogP contribution in [0.25, 0.3) is 67.5 Å². The number of anilines is 6. The van der Waals surface area contributed by atoms with Crippen LogP contribution in [0.1, 0.15) is 88.6 Å². The summed E-state index contributed by atoms with van der Waals surface area (Å²) in [4.78, 5) is 96.0. The van der Waals surface area contributed by atoms with Gasteiger partial charge in [0.05, 0.1) is 78.6 Å². The minimum atomic E-state index is -1.43. The summed E-state index contributed by atoms with van der Waals surface area (Å²) in [5.74, 6) is 6.04. The summed E-state index contributed by atoms with van der Waals surface area (Å²) in [6, 6.07) is 30.2. The molecule has 49 heteroatoms. The zero-order chi connectivity index (χ0) is 98.0. The van der Waals surface area contributed by atoms with Gasteiger partial charge in [-0.2, -0.15) is 19.0 Å². The number of nitrogens with zero attached hydrogens (tertiary/aromatic N) is 19. The number of aliphatic carboxylic acids is 1. The van der Waals surface area contributed by atoms with E-state index < -0.39 is 29.6 Å². The van der Waals surface area contributed by atoms with Crippen LogP contribution in [0.3, 0.4) is 0 Å². The maximum Gasteiger partial charge on any atom is 0.496 e. The fourth-order valence-electron chi connectivity index (χ4n) is 12.2. The number of carbonyl (C=O) groups excluding carboxylic acids is 1. The van der Waals surface area contributed by atoms with Gasteiger partial charge in [0.2, 0.25) is 49.1 Å². The summed E-state index contributed by atoms with van der Waals surface area (Å²) in [5, 5.41) is 27.7. The number of pyridine rings is 2. The predicted octanol–water partition coefficient (Wildman–Crippen LogP) is 17.4. The summed E-state index contributed by atoms with van der Waals surface area (Å²) < 4.78 is 82.4. The van der Waals surface area contributed by atoms with Gasteiger partial charge in [-0.1, -0.05) is 28.3 Å². The van der Waals surface area contributed by atoms with Crippen LogP contribution in [0.4, 0.5) is 53.0 Å². The Morgan fingerprint density at radius 1 is 0.507 bits per heavy atom. The van der Waals surface area contributed by atoms with Crippen LogP contribution >= 0.6 is 93.1 Å². The number of nitrogens with one attached hydrogen (secondary N) is 3. The molecule has 138 heavy (non-hydrogen) atoms. The van der Waals surface area contributed by atoms with E-state index in [1.165, 1.54) is 113 Å². The second kappa shape index (κ2) is 49.0. The first kappa shape index (κ1) is 111. The lowest BCUT2D eigenvalue weighted by molar-refractivity contribution is -0.136. The largest absolute Gasteiger partial charge is 0.535 e. The second-order valence-corrected chi connectivity index (χ2v) is 47.4. The van der Waals surface area contributed by atoms with E-state index in [9.17, 15) is 36.7 Å². The summed E-state index contributed by atoms with van der Waals surface area (Å²) >= 11 is 16.0. The number of rotatable bonds is 19. The predicted molar refractivity (Wildman–Crippen MR) is 556 cm³/mol. The number of benzene rings is 4. The summed E-state index contributed by atoms with van der Waals surface area (Å²) in [6.07, 6.45) is 11.3. The fraction of sp³-hybridized carbons (Fsp3) is 0.247. The summed E-state index contributed by atoms with van der Waals surface area (Å²) in [5.41, 5.74) is 38.5. The molecule has 4 aromatic carbocycles. The molecule has 35 nitrogen and oxygen atoms in total. The van der Waals surface area contributed by atoms with Crippen molar-refractivity contribution < 1.29 is 46.0 Å². The topological polar surface area (TPSA) is 494 Å². The van der Waals surface area contributed by atoms with E-state index >= 15 is 0 Å². The highest BCUT2D eigenvalue weighted by atomic mass is 79.9. The number of carboxylic acid groups (broad SMARTS) is 1. The molecule has 13 heterocycles. The molecular weight excluding hydrogens is 2090 g/mol. The van der Waals surface area contributed by atoms with Crippen LogP contribution in [0, 0.1) is 23.3 Å². The van der Waals surface area contributed by atoms with E-state index in [0.717, 1.165) is 26.9 Å². The number of carbonyl (C=O) groups is 2. The summed E-state index contributed by atoms with van der Waals surface area (Å²) in [6.45, 7) is 23.2. The molecule has 0 unspecified atom stereocenters. The molecular formula is C89H103BBr3F4N27O8S4Si2. The third-order valence-corrected chi connectivity index (χ3v) is 26.1. The number of nitrogen functional groups attached to an aromatic ring is 5. The Morgan fingerprint density at radius 3 is 1.29 bits per heavy atom. The summed E-state index contributed by atoms with van der Waals surface area (Å²) in [7, 11) is 0.215. The molecule has 0 bridgehead atoms. The monoisotopic (exact) mass is 2190 g/mol. The van der Waals surface area contributed by atoms with Crippen LogP contribution in [-0.4, -0.2) is 146 Å². The molecule has 0 spiro atoms. The molecule has 0 aliphatic carbocycles. The van der Waals surface area contributed by atoms with Crippen molar-refractivity contribution in [2.45, 2.75) is 133 Å². The Bertz CT molecular complexity index is 6920. The van der Waals surface area contributed by atoms with Gasteiger partial charge in [0, 0.05) is 120 Å². The maximum absolute atomic E-state index is 13.5. The maximum atomic E-state index is 13.5. The van der Waals surface area contributed by atoms with Crippen molar-refractivity contribution >= 4 is 187 Å². The highest BCUT2D eigenvalue weighted by Crippen LogP contribution is 2.39. The number of fused-ring (bicyclic) bond motifs is 2. The van der Waals surface area contributed by atoms with Crippen molar-refractivity contribution in [3.8, 4) is 56.2 Å². The average molecular weight is 2190 g/mol. The third-order valence-electron chi connectivity index (χ3n) is 18.8. The molecule has 14 N–H and O–H groups in total. The van der Waals surface area contributed by atoms with E-state index in [0.29, 0.717) is 121 Å². The molecule has 0 atom stereocenters. The number of nitrogens with two attached hydrogens (primary N) is 5. The van der Waals surface area contributed by atoms with Gasteiger partial charge in [0.1, 0.15) is 43.3 Å². The molecule has 16 aromatic rings. The highest BCUT2D eigenvalue weighted by molar-refractivity contribution is 9.11. The molecule has 17 rings (SSSR count).